The molecule has 13 heavy (non-hydrogen) atoms. The molecule has 0 amide bonds. The third kappa shape index (κ3) is 6.27. The second-order valence-corrected chi connectivity index (χ2v) is 3.02. The molecule has 0 spiro atoms. The molecule has 0 radical (unpaired) electrons. The van der Waals surface area contributed by atoms with Gasteiger partial charge in [-0.25, -0.2) is 10.0 Å². The van der Waals surface area contributed by atoms with E-state index in [0.29, 0.717) is 6.54 Å². The molecule has 0 aromatic rings. The summed E-state index contributed by atoms with van der Waals surface area (Å²) in [5, 5.41) is 11.1. The first kappa shape index (κ1) is 12.1. The van der Waals surface area contributed by atoms with Crippen LogP contribution in [0.3, 0.4) is 0 Å². The molecule has 0 aliphatic heterocycles. The SMILES string of the molecule is C=C(C)C(=O)ON([O-])CCN(C)C. The summed E-state index contributed by atoms with van der Waals surface area (Å²) in [5.41, 5.74) is 0.214. The lowest BCUT2D eigenvalue weighted by Gasteiger charge is -2.27. The van der Waals surface area contributed by atoms with Crippen molar-refractivity contribution in [1.29, 1.82) is 0 Å². The maximum atomic E-state index is 10.9. The van der Waals surface area contributed by atoms with Crippen molar-refractivity contribution in [3.05, 3.63) is 17.4 Å². The molecule has 76 valence electrons. The van der Waals surface area contributed by atoms with Crippen LogP contribution in [0.5, 0.6) is 0 Å². The Morgan fingerprint density at radius 1 is 1.46 bits per heavy atom. The van der Waals surface area contributed by atoms with Crippen molar-refractivity contribution in [2.24, 2.45) is 0 Å². The lowest BCUT2D eigenvalue weighted by atomic mass is 10.4. The van der Waals surface area contributed by atoms with Crippen LogP contribution in [0.25, 0.3) is 0 Å². The van der Waals surface area contributed by atoms with Crippen LogP contribution in [-0.4, -0.2) is 43.3 Å². The van der Waals surface area contributed by atoms with E-state index in [-0.39, 0.29) is 17.3 Å². The van der Waals surface area contributed by atoms with Crippen molar-refractivity contribution >= 4 is 5.97 Å². The topological polar surface area (TPSA) is 55.8 Å². The quantitative estimate of drug-likeness (QED) is 0.460. The Morgan fingerprint density at radius 3 is 2.38 bits per heavy atom. The van der Waals surface area contributed by atoms with Crippen LogP contribution in [0.1, 0.15) is 6.92 Å². The average Bonchev–Trinajstić information content (AvgIpc) is 2.00. The van der Waals surface area contributed by atoms with E-state index in [0.717, 1.165) is 0 Å². The van der Waals surface area contributed by atoms with Gasteiger partial charge in [-0.05, 0) is 21.0 Å². The van der Waals surface area contributed by atoms with Crippen LogP contribution in [-0.2, 0) is 9.63 Å². The van der Waals surface area contributed by atoms with Crippen molar-refractivity contribution in [2.75, 3.05) is 27.2 Å². The summed E-state index contributed by atoms with van der Waals surface area (Å²) in [6.07, 6.45) is 0. The third-order valence-corrected chi connectivity index (χ3v) is 1.26. The molecule has 5 nitrogen and oxygen atoms in total. The summed E-state index contributed by atoms with van der Waals surface area (Å²) in [7, 11) is 3.66. The monoisotopic (exact) mass is 187 g/mol. The predicted octanol–water partition coefficient (Wildman–Crippen LogP) is 0.382. The van der Waals surface area contributed by atoms with Gasteiger partial charge in [-0.1, -0.05) is 6.58 Å². The Morgan fingerprint density at radius 2 is 2.00 bits per heavy atom. The van der Waals surface area contributed by atoms with Gasteiger partial charge in [-0.15, -0.1) is 0 Å². The molecular weight excluding hydrogens is 172 g/mol. The van der Waals surface area contributed by atoms with Gasteiger partial charge in [-0.3, -0.25) is 0 Å². The molecule has 0 aliphatic carbocycles. The first-order valence-corrected chi connectivity index (χ1v) is 3.90. The zero-order valence-electron chi connectivity index (χ0n) is 8.24. The predicted molar refractivity (Wildman–Crippen MR) is 49.5 cm³/mol. The summed E-state index contributed by atoms with van der Waals surface area (Å²) < 4.78 is 0. The van der Waals surface area contributed by atoms with E-state index >= 15 is 0 Å². The minimum atomic E-state index is -0.686. The van der Waals surface area contributed by atoms with Crippen LogP contribution >= 0.6 is 0 Å². The number of rotatable bonds is 5. The van der Waals surface area contributed by atoms with Crippen molar-refractivity contribution in [2.45, 2.75) is 6.92 Å². The van der Waals surface area contributed by atoms with E-state index in [1.807, 2.05) is 19.0 Å². The van der Waals surface area contributed by atoms with E-state index in [1.54, 1.807) is 0 Å². The molecule has 0 rings (SSSR count). The van der Waals surface area contributed by atoms with E-state index in [9.17, 15) is 10.0 Å². The zero-order valence-corrected chi connectivity index (χ0v) is 8.24. The van der Waals surface area contributed by atoms with Gasteiger partial charge in [0.15, 0.2) is 0 Å². The van der Waals surface area contributed by atoms with Crippen molar-refractivity contribution in [3.63, 3.8) is 0 Å². The number of nitrogens with zero attached hydrogens (tertiary/aromatic N) is 2. The highest BCUT2D eigenvalue weighted by atomic mass is 16.9. The Kier molecular flexibility index (Phi) is 5.29. The van der Waals surface area contributed by atoms with E-state index in [1.165, 1.54) is 6.92 Å². The van der Waals surface area contributed by atoms with Gasteiger partial charge in [0.05, 0.1) is 0 Å². The molecular formula is C8H15N2O3-. The fourth-order valence-corrected chi connectivity index (χ4v) is 0.498. The van der Waals surface area contributed by atoms with Gasteiger partial charge in [0.1, 0.15) is 0 Å². The zero-order chi connectivity index (χ0) is 10.4. The van der Waals surface area contributed by atoms with Gasteiger partial charge in [0.25, 0.3) is 0 Å². The second-order valence-electron chi connectivity index (χ2n) is 3.02. The number of carbonyl (C=O) groups excluding carboxylic acids is 1. The number of hydrogen-bond acceptors (Lipinski definition) is 5. The van der Waals surface area contributed by atoms with Crippen LogP contribution in [0.15, 0.2) is 12.2 Å². The molecule has 5 heteroatoms. The fourth-order valence-electron chi connectivity index (χ4n) is 0.498. The summed E-state index contributed by atoms with van der Waals surface area (Å²) in [6.45, 7) is 5.51. The minimum absolute atomic E-state index is 0.131. The maximum Gasteiger partial charge on any atom is 0.351 e. The molecule has 0 bridgehead atoms. The fraction of sp³-hybridized carbons (Fsp3) is 0.625. The number of hydrogen-bond donors (Lipinski definition) is 0. The molecule has 0 fully saturated rings. The van der Waals surface area contributed by atoms with E-state index in [4.69, 9.17) is 0 Å². The molecule has 0 aliphatic rings. The lowest BCUT2D eigenvalue weighted by molar-refractivity contribution is -0.173. The first-order valence-electron chi connectivity index (χ1n) is 3.90. The van der Waals surface area contributed by atoms with Gasteiger partial charge in [0.2, 0.25) is 0 Å². The van der Waals surface area contributed by atoms with Crippen LogP contribution in [0.4, 0.5) is 0 Å². The van der Waals surface area contributed by atoms with Crippen LogP contribution < -0.4 is 0 Å². The molecule has 0 aromatic heterocycles. The van der Waals surface area contributed by atoms with E-state index in [2.05, 4.69) is 11.4 Å². The number of hydroxylamine groups is 2. The van der Waals surface area contributed by atoms with Gasteiger partial charge < -0.3 is 14.9 Å². The Labute approximate surface area is 78.1 Å². The molecule has 0 N–H and O–H groups in total. The minimum Gasteiger partial charge on any atom is -0.752 e. The Bertz CT molecular complexity index is 192. The number of likely N-dealkylation sites (N-methyl/N-ethyl adjacent to an activating group) is 1. The van der Waals surface area contributed by atoms with Gasteiger partial charge in [0, 0.05) is 18.7 Å². The Balaban J connectivity index is 3.68. The maximum absolute atomic E-state index is 10.9. The van der Waals surface area contributed by atoms with Crippen LogP contribution in [0, 0.1) is 5.21 Å². The standard InChI is InChI=1S/C8H15N2O3/c1-7(2)8(11)13-10(12)6-5-9(3)4/h1,5-6H2,2-4H3/q-1. The highest BCUT2D eigenvalue weighted by Crippen LogP contribution is 1.95. The van der Waals surface area contributed by atoms with Crippen molar-refractivity contribution in [3.8, 4) is 0 Å². The molecule has 0 saturated carbocycles. The molecule has 0 heterocycles. The van der Waals surface area contributed by atoms with Crippen molar-refractivity contribution in [1.82, 2.24) is 10.1 Å². The Hall–Kier alpha value is -0.910. The largest absolute Gasteiger partial charge is 0.752 e. The summed E-state index contributed by atoms with van der Waals surface area (Å²) in [6, 6.07) is 0. The highest BCUT2D eigenvalue weighted by molar-refractivity contribution is 5.86. The smallest absolute Gasteiger partial charge is 0.351 e. The van der Waals surface area contributed by atoms with E-state index < -0.39 is 5.97 Å². The number of carbonyl (C=O) groups is 1. The summed E-state index contributed by atoms with van der Waals surface area (Å²) >= 11 is 0. The van der Waals surface area contributed by atoms with Gasteiger partial charge >= 0.3 is 5.97 Å². The molecule has 0 unspecified atom stereocenters. The molecule has 0 aromatic carbocycles. The molecule has 0 atom stereocenters. The highest BCUT2D eigenvalue weighted by Gasteiger charge is 2.04. The summed E-state index contributed by atoms with van der Waals surface area (Å²) in [5.74, 6) is -0.686. The average molecular weight is 187 g/mol. The lowest BCUT2D eigenvalue weighted by Crippen LogP contribution is -2.29. The normalized spacial score (nSPS) is 10.6. The first-order chi connectivity index (χ1) is 5.93. The molecule has 0 saturated heterocycles. The second kappa shape index (κ2) is 5.69. The van der Waals surface area contributed by atoms with Crippen LogP contribution in [0.2, 0.25) is 0 Å². The van der Waals surface area contributed by atoms with Gasteiger partial charge in [-0.2, -0.15) is 0 Å². The third-order valence-electron chi connectivity index (χ3n) is 1.26. The summed E-state index contributed by atoms with van der Waals surface area (Å²) in [4.78, 5) is 17.0. The van der Waals surface area contributed by atoms with Crippen molar-refractivity contribution < 1.29 is 9.63 Å².